The minimum atomic E-state index is -0.0398. The van der Waals surface area contributed by atoms with Crippen molar-refractivity contribution in [1.29, 1.82) is 0 Å². The van der Waals surface area contributed by atoms with Crippen LogP contribution >= 0.6 is 23.2 Å². The van der Waals surface area contributed by atoms with E-state index in [9.17, 15) is 4.79 Å². The molecule has 0 radical (unpaired) electrons. The zero-order valence-electron chi connectivity index (χ0n) is 17.0. The Balaban J connectivity index is 1.43. The van der Waals surface area contributed by atoms with Crippen molar-refractivity contribution in [2.45, 2.75) is 39.3 Å². The van der Waals surface area contributed by atoms with Crippen molar-refractivity contribution >= 4 is 29.1 Å². The van der Waals surface area contributed by atoms with Crippen molar-refractivity contribution in [2.24, 2.45) is 5.92 Å². The lowest BCUT2D eigenvalue weighted by atomic mass is 9.95. The van der Waals surface area contributed by atoms with Crippen molar-refractivity contribution in [3.05, 3.63) is 63.6 Å². The van der Waals surface area contributed by atoms with Gasteiger partial charge < -0.3 is 10.1 Å². The summed E-state index contributed by atoms with van der Waals surface area (Å²) in [5.74, 6) is 1.01. The van der Waals surface area contributed by atoms with E-state index in [1.54, 1.807) is 0 Å². The van der Waals surface area contributed by atoms with E-state index in [1.807, 2.05) is 56.3 Å². The maximum Gasteiger partial charge on any atom is 0.223 e. The van der Waals surface area contributed by atoms with Gasteiger partial charge in [-0.25, -0.2) is 0 Å². The molecule has 1 saturated heterocycles. The molecule has 0 saturated carbocycles. The van der Waals surface area contributed by atoms with Crippen LogP contribution in [0.5, 0.6) is 5.75 Å². The molecule has 29 heavy (non-hydrogen) atoms. The lowest BCUT2D eigenvalue weighted by Crippen LogP contribution is -2.44. The fourth-order valence-corrected chi connectivity index (χ4v) is 4.11. The van der Waals surface area contributed by atoms with Gasteiger partial charge in [-0.3, -0.25) is 9.69 Å². The van der Waals surface area contributed by atoms with Gasteiger partial charge >= 0.3 is 0 Å². The number of nitrogens with zero attached hydrogens (tertiary/aromatic N) is 1. The number of amides is 1. The molecule has 4 nitrogen and oxygen atoms in total. The Morgan fingerprint density at radius 3 is 2.45 bits per heavy atom. The number of ether oxygens (including phenoxy) is 1. The Kier molecular flexibility index (Phi) is 7.82. The molecule has 0 aromatic heterocycles. The van der Waals surface area contributed by atoms with Gasteiger partial charge in [0.15, 0.2) is 0 Å². The van der Waals surface area contributed by atoms with Crippen molar-refractivity contribution in [2.75, 3.05) is 19.7 Å². The molecule has 1 fully saturated rings. The molecule has 1 heterocycles. The Bertz CT molecular complexity index is 815. The van der Waals surface area contributed by atoms with Crippen LogP contribution in [0.15, 0.2) is 42.5 Å². The topological polar surface area (TPSA) is 41.6 Å². The molecule has 3 rings (SSSR count). The monoisotopic (exact) mass is 434 g/mol. The molecule has 1 unspecified atom stereocenters. The number of rotatable bonds is 7. The second kappa shape index (κ2) is 10.3. The van der Waals surface area contributed by atoms with Crippen molar-refractivity contribution < 1.29 is 9.53 Å². The third kappa shape index (κ3) is 6.11. The van der Waals surface area contributed by atoms with Gasteiger partial charge in [0.1, 0.15) is 12.4 Å². The summed E-state index contributed by atoms with van der Waals surface area (Å²) in [6.45, 7) is 6.88. The van der Waals surface area contributed by atoms with E-state index in [1.165, 1.54) is 0 Å². The Morgan fingerprint density at radius 1 is 1.14 bits per heavy atom. The summed E-state index contributed by atoms with van der Waals surface area (Å²) >= 11 is 12.6. The zero-order valence-corrected chi connectivity index (χ0v) is 18.5. The van der Waals surface area contributed by atoms with E-state index in [4.69, 9.17) is 27.9 Å². The summed E-state index contributed by atoms with van der Waals surface area (Å²) in [6.07, 6.45) is 1.67. The van der Waals surface area contributed by atoms with Gasteiger partial charge in [-0.15, -0.1) is 0 Å². The van der Waals surface area contributed by atoms with Crippen LogP contribution in [0.3, 0.4) is 0 Å². The second-order valence-corrected chi connectivity index (χ2v) is 8.55. The summed E-state index contributed by atoms with van der Waals surface area (Å²) < 4.78 is 5.84. The first-order valence-electron chi connectivity index (χ1n) is 10.1. The molecule has 1 N–H and O–H groups in total. The molecule has 1 atom stereocenters. The predicted molar refractivity (Wildman–Crippen MR) is 119 cm³/mol. The van der Waals surface area contributed by atoms with Crippen LogP contribution in [0.25, 0.3) is 0 Å². The second-order valence-electron chi connectivity index (χ2n) is 7.74. The first-order valence-corrected chi connectivity index (χ1v) is 10.8. The first-order chi connectivity index (χ1) is 13.9. The smallest absolute Gasteiger partial charge is 0.223 e. The zero-order chi connectivity index (χ0) is 20.8. The van der Waals surface area contributed by atoms with Crippen LogP contribution in [0.1, 0.15) is 30.9 Å². The summed E-state index contributed by atoms with van der Waals surface area (Å²) in [4.78, 5) is 14.9. The number of halogens is 2. The van der Waals surface area contributed by atoms with Gasteiger partial charge in [0.2, 0.25) is 5.91 Å². The lowest BCUT2D eigenvalue weighted by molar-refractivity contribution is -0.127. The molecular formula is C23H28Cl2N2O2. The summed E-state index contributed by atoms with van der Waals surface area (Å²) in [5.41, 5.74) is 2.05. The number of aryl methyl sites for hydroxylation is 1. The van der Waals surface area contributed by atoms with Gasteiger partial charge in [-0.1, -0.05) is 47.5 Å². The molecule has 2 aromatic rings. The molecule has 6 heteroatoms. The molecule has 156 valence electrons. The summed E-state index contributed by atoms with van der Waals surface area (Å²) in [6, 6.07) is 13.4. The van der Waals surface area contributed by atoms with E-state index in [0.717, 1.165) is 42.8 Å². The normalized spacial score (nSPS) is 16.4. The largest absolute Gasteiger partial charge is 0.491 e. The Morgan fingerprint density at radius 2 is 1.79 bits per heavy atom. The SMILES string of the molecule is Cc1ccccc1OCC(C)NC(=O)C1CCN(Cc2c(Cl)cccc2Cl)CC1. The van der Waals surface area contributed by atoms with Crippen LogP contribution in [0.2, 0.25) is 10.0 Å². The third-order valence-corrected chi connectivity index (χ3v) is 6.08. The highest BCUT2D eigenvalue weighted by Crippen LogP contribution is 2.27. The highest BCUT2D eigenvalue weighted by atomic mass is 35.5. The number of piperidine rings is 1. The molecule has 2 aromatic carbocycles. The minimum Gasteiger partial charge on any atom is -0.491 e. The quantitative estimate of drug-likeness (QED) is 0.658. The molecule has 1 amide bonds. The van der Waals surface area contributed by atoms with Crippen molar-refractivity contribution in [3.8, 4) is 5.75 Å². The van der Waals surface area contributed by atoms with Crippen molar-refractivity contribution in [1.82, 2.24) is 10.2 Å². The maximum absolute atomic E-state index is 12.6. The van der Waals surface area contributed by atoms with E-state index >= 15 is 0 Å². The maximum atomic E-state index is 12.6. The van der Waals surface area contributed by atoms with E-state index in [-0.39, 0.29) is 17.9 Å². The molecule has 0 bridgehead atoms. The summed E-state index contributed by atoms with van der Waals surface area (Å²) in [5, 5.41) is 4.49. The van der Waals surface area contributed by atoms with Crippen molar-refractivity contribution in [3.63, 3.8) is 0 Å². The highest BCUT2D eigenvalue weighted by molar-refractivity contribution is 6.35. The third-order valence-electron chi connectivity index (χ3n) is 5.37. The van der Waals surface area contributed by atoms with Crippen LogP contribution in [-0.2, 0) is 11.3 Å². The number of para-hydroxylation sites is 1. The van der Waals surface area contributed by atoms with Gasteiger partial charge in [0, 0.05) is 28.1 Å². The number of carbonyl (C=O) groups excluding carboxylic acids is 1. The van der Waals surface area contributed by atoms with Crippen LogP contribution < -0.4 is 10.1 Å². The number of likely N-dealkylation sites (tertiary alicyclic amines) is 1. The van der Waals surface area contributed by atoms with E-state index in [0.29, 0.717) is 23.2 Å². The minimum absolute atomic E-state index is 0.0360. The Labute approximate surface area is 183 Å². The number of benzene rings is 2. The standard InChI is InChI=1S/C23H28Cl2N2O2/c1-16-6-3-4-9-22(16)29-15-17(2)26-23(28)18-10-12-27(13-11-18)14-19-20(24)7-5-8-21(19)25/h3-9,17-18H,10-15H2,1-2H3,(H,26,28). The van der Waals surface area contributed by atoms with Gasteiger partial charge in [-0.05, 0) is 63.5 Å². The number of hydrogen-bond acceptors (Lipinski definition) is 3. The van der Waals surface area contributed by atoms with Gasteiger partial charge in [0.05, 0.1) is 6.04 Å². The fraction of sp³-hybridized carbons (Fsp3) is 0.435. The number of hydrogen-bond donors (Lipinski definition) is 1. The first kappa shape index (κ1) is 21.9. The van der Waals surface area contributed by atoms with Crippen LogP contribution in [0, 0.1) is 12.8 Å². The predicted octanol–water partition coefficient (Wildman–Crippen LogP) is 5.10. The molecule has 1 aliphatic rings. The highest BCUT2D eigenvalue weighted by Gasteiger charge is 2.26. The van der Waals surface area contributed by atoms with E-state index in [2.05, 4.69) is 10.2 Å². The molecule has 0 spiro atoms. The van der Waals surface area contributed by atoms with Crippen LogP contribution in [0.4, 0.5) is 0 Å². The number of nitrogens with one attached hydrogen (secondary N) is 1. The molecule has 0 aliphatic carbocycles. The number of carbonyl (C=O) groups is 1. The average molecular weight is 435 g/mol. The average Bonchev–Trinajstić information content (AvgIpc) is 2.70. The molecular weight excluding hydrogens is 407 g/mol. The fourth-order valence-electron chi connectivity index (χ4n) is 3.60. The van der Waals surface area contributed by atoms with E-state index < -0.39 is 0 Å². The Hall–Kier alpha value is -1.75. The van der Waals surface area contributed by atoms with Gasteiger partial charge in [-0.2, -0.15) is 0 Å². The summed E-state index contributed by atoms with van der Waals surface area (Å²) in [7, 11) is 0. The van der Waals surface area contributed by atoms with Crippen LogP contribution in [-0.4, -0.2) is 36.5 Å². The lowest BCUT2D eigenvalue weighted by Gasteiger charge is -2.32. The molecule has 1 aliphatic heterocycles. The van der Waals surface area contributed by atoms with Gasteiger partial charge in [0.25, 0.3) is 0 Å².